The summed E-state index contributed by atoms with van der Waals surface area (Å²) in [5.74, 6) is -6.64. The highest BCUT2D eigenvalue weighted by molar-refractivity contribution is 6.04. The van der Waals surface area contributed by atoms with Crippen LogP contribution in [-0.4, -0.2) is 193 Å². The maximum atomic E-state index is 15.2. The van der Waals surface area contributed by atoms with E-state index in [2.05, 4.69) is 38.0 Å². The van der Waals surface area contributed by atoms with Gasteiger partial charge in [0.1, 0.15) is 52.5 Å². The van der Waals surface area contributed by atoms with Crippen LogP contribution in [0.4, 0.5) is 39.8 Å². The summed E-state index contributed by atoms with van der Waals surface area (Å²) in [6.45, 7) is 20.9. The normalized spacial score (nSPS) is 21.7. The Morgan fingerprint density at radius 3 is 2.13 bits per heavy atom. The van der Waals surface area contributed by atoms with Gasteiger partial charge in [0.2, 0.25) is 29.5 Å². The molecule has 3 fully saturated rings. The number of likely N-dealkylation sites (N-methyl/N-ethyl adjacent to an activating group) is 1. The number of piperazine rings is 1. The van der Waals surface area contributed by atoms with Crippen molar-refractivity contribution in [3.63, 3.8) is 0 Å². The van der Waals surface area contributed by atoms with Crippen LogP contribution in [-0.2, 0) is 66.1 Å². The molecule has 5 heterocycles. The average Bonchev–Trinajstić information content (AvgIpc) is 1.59. The van der Waals surface area contributed by atoms with Gasteiger partial charge in [-0.05, 0) is 165 Å². The molecule has 0 aliphatic carbocycles. The summed E-state index contributed by atoms with van der Waals surface area (Å²) in [6.07, 6.45) is -0.338. The molecule has 9 rings (SSSR count). The van der Waals surface area contributed by atoms with E-state index in [4.69, 9.17) is 18.9 Å². The van der Waals surface area contributed by atoms with Gasteiger partial charge in [0.25, 0.3) is 5.91 Å². The standard InChI is InChI=1S/C69H89F3N10O12/c1-41-34-79(50(36-78-27-30-92-39-42(78)2)37-80(41)66(90)94-68(7,8)9)38-57(84)82-40-69(10,52-22-17-45(32-55(52)82)31-44-15-19-48(70)20-16-44)64(88)73-26-23-56(83)74-49-21-18-47-35-81(60(51(47)33-49)62(86)76-59-53(71)13-12-14-54(59)72)63(87)58(46-24-28-91-29-25-46)75-61(85)43(3)77(11)65(89)93-67(4,5)6/h12-22,32-33,41-43,46,50,58,60H,23-31,34-40H2,1-11H3,(H,73,88)(H,74,83)(H,75,85)(H,76,86)/t41-,42-,43+,50+,58?,60+,69-/m1/s1. The van der Waals surface area contributed by atoms with E-state index in [-0.39, 0.29) is 86.9 Å². The summed E-state index contributed by atoms with van der Waals surface area (Å²) in [5.41, 5.74) is -0.0186. The van der Waals surface area contributed by atoms with Crippen LogP contribution in [0, 0.1) is 23.4 Å². The highest BCUT2D eigenvalue weighted by Gasteiger charge is 2.49. The monoisotopic (exact) mass is 1310 g/mol. The zero-order chi connectivity index (χ0) is 68.1. The number of carbonyl (C=O) groups is 8. The number of morpholine rings is 1. The number of fused-ring (bicyclic) bond motifs is 2. The number of para-hydroxylation sites is 1. The van der Waals surface area contributed by atoms with Crippen LogP contribution in [0.5, 0.6) is 0 Å². The Hall–Kier alpha value is -8.13. The molecule has 3 saturated heterocycles. The number of amides is 8. The molecule has 4 N–H and O–H groups in total. The fourth-order valence-electron chi connectivity index (χ4n) is 12.8. The summed E-state index contributed by atoms with van der Waals surface area (Å²) in [6, 6.07) is 15.1. The molecule has 94 heavy (non-hydrogen) atoms. The molecule has 1 unspecified atom stereocenters. The summed E-state index contributed by atoms with van der Waals surface area (Å²) in [5, 5.41) is 10.9. The number of benzene rings is 4. The molecule has 0 bridgehead atoms. The number of rotatable bonds is 18. The van der Waals surface area contributed by atoms with E-state index < -0.39 is 99.7 Å². The average molecular weight is 1310 g/mol. The van der Waals surface area contributed by atoms with Crippen LogP contribution in [0.15, 0.2) is 78.9 Å². The van der Waals surface area contributed by atoms with Gasteiger partial charge in [-0.3, -0.25) is 43.5 Å². The first-order valence-electron chi connectivity index (χ1n) is 32.2. The molecule has 0 saturated carbocycles. The summed E-state index contributed by atoms with van der Waals surface area (Å²) >= 11 is 0. The molecule has 5 aliphatic heterocycles. The minimum absolute atomic E-state index is 0.0347. The maximum Gasteiger partial charge on any atom is 0.410 e. The van der Waals surface area contributed by atoms with E-state index in [1.54, 1.807) is 61.8 Å². The molecule has 4 aromatic rings. The molecular weight excluding hydrogens is 1220 g/mol. The van der Waals surface area contributed by atoms with Gasteiger partial charge in [0, 0.05) is 102 Å². The smallest absolute Gasteiger partial charge is 0.410 e. The van der Waals surface area contributed by atoms with Crippen LogP contribution >= 0.6 is 0 Å². The van der Waals surface area contributed by atoms with Gasteiger partial charge < -0.3 is 54.9 Å². The molecule has 0 spiro atoms. The van der Waals surface area contributed by atoms with Crippen LogP contribution in [0.25, 0.3) is 0 Å². The van der Waals surface area contributed by atoms with Crippen molar-refractivity contribution >= 4 is 64.7 Å². The quantitative estimate of drug-likeness (QED) is 0.0748. The van der Waals surface area contributed by atoms with Crippen LogP contribution in [0.2, 0.25) is 0 Å². The van der Waals surface area contributed by atoms with Crippen molar-refractivity contribution in [2.45, 2.75) is 154 Å². The van der Waals surface area contributed by atoms with Crippen molar-refractivity contribution in [2.24, 2.45) is 5.92 Å². The topological polar surface area (TPSA) is 241 Å². The zero-order valence-electron chi connectivity index (χ0n) is 55.6. The van der Waals surface area contributed by atoms with Crippen LogP contribution in [0.3, 0.4) is 0 Å². The first-order valence-corrected chi connectivity index (χ1v) is 32.2. The zero-order valence-corrected chi connectivity index (χ0v) is 55.6. The Kier molecular flexibility index (Phi) is 21.8. The van der Waals surface area contributed by atoms with E-state index in [1.165, 1.54) is 37.1 Å². The Morgan fingerprint density at radius 1 is 0.777 bits per heavy atom. The van der Waals surface area contributed by atoms with Gasteiger partial charge in [-0.25, -0.2) is 22.8 Å². The minimum Gasteiger partial charge on any atom is -0.444 e. The molecule has 5 aliphatic rings. The highest BCUT2D eigenvalue weighted by Crippen LogP contribution is 2.43. The summed E-state index contributed by atoms with van der Waals surface area (Å²) in [7, 11) is 1.39. The second-order valence-corrected chi connectivity index (χ2v) is 27.6. The molecule has 25 heteroatoms. The third-order valence-corrected chi connectivity index (χ3v) is 18.1. The molecular formula is C69H89F3N10O12. The van der Waals surface area contributed by atoms with E-state index >= 15 is 18.4 Å². The lowest BCUT2D eigenvalue weighted by Crippen LogP contribution is -2.64. The fourth-order valence-corrected chi connectivity index (χ4v) is 12.8. The van der Waals surface area contributed by atoms with E-state index in [0.29, 0.717) is 75.5 Å². The molecule has 508 valence electrons. The third kappa shape index (κ3) is 16.7. The highest BCUT2D eigenvalue weighted by atomic mass is 19.1. The second kappa shape index (κ2) is 29.2. The Balaban J connectivity index is 0.921. The Labute approximate surface area is 547 Å². The molecule has 7 atom stereocenters. The number of hydrogen-bond acceptors (Lipinski definition) is 14. The molecule has 8 amide bonds. The molecule has 4 aromatic carbocycles. The number of nitrogens with zero attached hydrogens (tertiary/aromatic N) is 6. The Morgan fingerprint density at radius 2 is 1.46 bits per heavy atom. The van der Waals surface area contributed by atoms with Gasteiger partial charge in [-0.2, -0.15) is 0 Å². The van der Waals surface area contributed by atoms with Crippen LogP contribution in [0.1, 0.15) is 122 Å². The van der Waals surface area contributed by atoms with Gasteiger partial charge in [-0.1, -0.05) is 36.4 Å². The van der Waals surface area contributed by atoms with Crippen LogP contribution < -0.4 is 26.2 Å². The van der Waals surface area contributed by atoms with Crippen molar-refractivity contribution < 1.29 is 70.5 Å². The molecule has 0 aromatic heterocycles. The SMILES string of the molecule is C[C@@H]1COCCN1C[C@H]1CN(C(=O)OC(C)(C)C)[C@H](C)CN1CC(=O)N1C[C@@](C)(C(=O)NCCC(=O)Nc2ccc3c(c2)[C@@H](C(=O)Nc2c(F)cccc2F)N(C(=O)C(NC(=O)[C@H](C)N(C)C(=O)OC(C)(C)C)C2CCOCC2)C3)c2ccc(Cc3ccc(F)cc3)cc21. The first kappa shape index (κ1) is 70.2. The fraction of sp³-hybridized carbons (Fsp3) is 0.536. The van der Waals surface area contributed by atoms with Gasteiger partial charge >= 0.3 is 12.2 Å². The number of ether oxygens (including phenoxy) is 4. The van der Waals surface area contributed by atoms with Gasteiger partial charge in [-0.15, -0.1) is 0 Å². The number of carbonyl (C=O) groups excluding carboxylic acids is 8. The van der Waals surface area contributed by atoms with Crippen molar-refractivity contribution in [1.82, 2.24) is 35.1 Å². The van der Waals surface area contributed by atoms with Crippen molar-refractivity contribution in [3.05, 3.63) is 124 Å². The second-order valence-electron chi connectivity index (χ2n) is 27.6. The minimum atomic E-state index is -1.54. The van der Waals surface area contributed by atoms with Crippen molar-refractivity contribution in [2.75, 3.05) is 94.8 Å². The van der Waals surface area contributed by atoms with E-state index in [0.717, 1.165) is 34.2 Å². The predicted molar refractivity (Wildman–Crippen MR) is 345 cm³/mol. The molecule has 22 nitrogen and oxygen atoms in total. The summed E-state index contributed by atoms with van der Waals surface area (Å²) in [4.78, 5) is 124. The lowest BCUT2D eigenvalue weighted by Gasteiger charge is -2.47. The van der Waals surface area contributed by atoms with E-state index in [1.807, 2.05) is 45.9 Å². The number of hydrogen-bond donors (Lipinski definition) is 4. The predicted octanol–water partition coefficient (Wildman–Crippen LogP) is 7.66. The third-order valence-electron chi connectivity index (χ3n) is 18.1. The van der Waals surface area contributed by atoms with E-state index in [9.17, 15) is 33.2 Å². The lowest BCUT2D eigenvalue weighted by atomic mass is 9.83. The van der Waals surface area contributed by atoms with Gasteiger partial charge in [0.05, 0.1) is 25.2 Å². The number of halogens is 3. The maximum absolute atomic E-state index is 15.2. The lowest BCUT2D eigenvalue weighted by molar-refractivity contribution is -0.144. The Bertz CT molecular complexity index is 3470. The van der Waals surface area contributed by atoms with Crippen molar-refractivity contribution in [1.29, 1.82) is 0 Å². The summed E-state index contributed by atoms with van der Waals surface area (Å²) < 4.78 is 67.1. The number of nitrogens with one attached hydrogen (secondary N) is 4. The van der Waals surface area contributed by atoms with Crippen molar-refractivity contribution in [3.8, 4) is 0 Å². The largest absolute Gasteiger partial charge is 0.444 e. The first-order chi connectivity index (χ1) is 44.4. The number of anilines is 3. The van der Waals surface area contributed by atoms with Gasteiger partial charge in [0.15, 0.2) is 0 Å². The molecule has 0 radical (unpaired) electrons.